The molecular formula is C17H22N6OS. The molecule has 2 N–H and O–H groups in total. The predicted octanol–water partition coefficient (Wildman–Crippen LogP) is 2.26. The molecule has 0 amide bonds. The largest absolute Gasteiger partial charge is 0.382 e. The van der Waals surface area contributed by atoms with Crippen LogP contribution in [0.25, 0.3) is 11.0 Å². The molecule has 0 aliphatic heterocycles. The summed E-state index contributed by atoms with van der Waals surface area (Å²) in [4.78, 5) is 16.9. The molecule has 0 bridgehead atoms. The molecule has 3 aromatic rings. The smallest absolute Gasteiger partial charge is 0.218 e. The average Bonchev–Trinajstić information content (AvgIpc) is 3.02. The molecule has 132 valence electrons. The van der Waals surface area contributed by atoms with Crippen molar-refractivity contribution in [1.29, 1.82) is 0 Å². The van der Waals surface area contributed by atoms with Crippen molar-refractivity contribution < 1.29 is 4.21 Å². The Morgan fingerprint density at radius 2 is 1.96 bits per heavy atom. The Morgan fingerprint density at radius 3 is 2.68 bits per heavy atom. The number of nitrogen functional groups attached to an aromatic ring is 1. The van der Waals surface area contributed by atoms with Gasteiger partial charge < -0.3 is 10.3 Å². The van der Waals surface area contributed by atoms with E-state index in [2.05, 4.69) is 31.4 Å². The minimum Gasteiger partial charge on any atom is -0.382 e. The Morgan fingerprint density at radius 1 is 1.20 bits per heavy atom. The summed E-state index contributed by atoms with van der Waals surface area (Å²) in [5, 5.41) is 0.402. The maximum absolute atomic E-state index is 12.2. The first-order valence-electron chi connectivity index (χ1n) is 8.37. The second-order valence-electron chi connectivity index (χ2n) is 5.85. The van der Waals surface area contributed by atoms with Crippen LogP contribution in [0.2, 0.25) is 0 Å². The van der Waals surface area contributed by atoms with Crippen LogP contribution in [-0.2, 0) is 23.8 Å². The highest BCUT2D eigenvalue weighted by molar-refractivity contribution is 7.84. The maximum Gasteiger partial charge on any atom is 0.218 e. The third-order valence-corrected chi connectivity index (χ3v) is 5.36. The van der Waals surface area contributed by atoms with Crippen molar-refractivity contribution in [3.63, 3.8) is 0 Å². The molecule has 0 aromatic carbocycles. The molecule has 0 aliphatic rings. The van der Waals surface area contributed by atoms with Gasteiger partial charge in [-0.2, -0.15) is 0 Å². The van der Waals surface area contributed by atoms with Gasteiger partial charge in [-0.25, -0.2) is 19.9 Å². The quantitative estimate of drug-likeness (QED) is 0.514. The van der Waals surface area contributed by atoms with Gasteiger partial charge in [-0.05, 0) is 31.4 Å². The van der Waals surface area contributed by atoms with Crippen LogP contribution in [0.5, 0.6) is 0 Å². The van der Waals surface area contributed by atoms with Gasteiger partial charge in [0.1, 0.15) is 11.3 Å². The van der Waals surface area contributed by atoms with E-state index in [0.29, 0.717) is 16.7 Å². The molecule has 8 heteroatoms. The molecule has 1 unspecified atom stereocenters. The first kappa shape index (κ1) is 17.5. The summed E-state index contributed by atoms with van der Waals surface area (Å²) < 4.78 is 14.4. The Bertz CT molecular complexity index is 893. The van der Waals surface area contributed by atoms with Crippen molar-refractivity contribution in [2.24, 2.45) is 0 Å². The highest BCUT2D eigenvalue weighted by Gasteiger charge is 2.14. The molecule has 3 rings (SSSR count). The molecule has 0 spiro atoms. The molecule has 0 aliphatic carbocycles. The standard InChI is InChI=1S/C17H22N6OS/c1-3-13-22-14-15(12(2)11-21-16(14)18)23(13)9-4-5-10-25(24)17-19-7-6-8-20-17/h6-8,11H,3-5,9-10H2,1-2H3,(H2,18,21). The van der Waals surface area contributed by atoms with E-state index in [1.54, 1.807) is 24.7 Å². The zero-order valence-corrected chi connectivity index (χ0v) is 15.3. The van der Waals surface area contributed by atoms with E-state index < -0.39 is 10.8 Å². The second-order valence-corrected chi connectivity index (χ2v) is 7.31. The van der Waals surface area contributed by atoms with Crippen molar-refractivity contribution in [2.45, 2.75) is 44.8 Å². The lowest BCUT2D eigenvalue weighted by Gasteiger charge is -2.09. The van der Waals surface area contributed by atoms with Crippen molar-refractivity contribution in [3.8, 4) is 0 Å². The first-order valence-corrected chi connectivity index (χ1v) is 9.69. The zero-order valence-electron chi connectivity index (χ0n) is 14.5. The summed E-state index contributed by atoms with van der Waals surface area (Å²) >= 11 is 0. The normalized spacial score (nSPS) is 12.6. The number of unbranched alkanes of at least 4 members (excludes halogenated alkanes) is 1. The van der Waals surface area contributed by atoms with Crippen molar-refractivity contribution in [1.82, 2.24) is 24.5 Å². The number of hydrogen-bond donors (Lipinski definition) is 1. The molecule has 0 fully saturated rings. The second kappa shape index (κ2) is 7.69. The lowest BCUT2D eigenvalue weighted by molar-refractivity contribution is 0.615. The third-order valence-electron chi connectivity index (χ3n) is 4.08. The zero-order chi connectivity index (χ0) is 17.8. The lowest BCUT2D eigenvalue weighted by atomic mass is 10.2. The Hall–Kier alpha value is -2.35. The van der Waals surface area contributed by atoms with Crippen LogP contribution in [0, 0.1) is 6.92 Å². The monoisotopic (exact) mass is 358 g/mol. The molecule has 0 saturated carbocycles. The number of imidazole rings is 1. The lowest BCUT2D eigenvalue weighted by Crippen LogP contribution is -2.07. The molecule has 3 aromatic heterocycles. The summed E-state index contributed by atoms with van der Waals surface area (Å²) in [6.45, 7) is 4.92. The van der Waals surface area contributed by atoms with Crippen LogP contribution in [0.15, 0.2) is 29.8 Å². The summed E-state index contributed by atoms with van der Waals surface area (Å²) in [5.74, 6) is 2.03. The number of anilines is 1. The van der Waals surface area contributed by atoms with Gasteiger partial charge in [0.05, 0.1) is 16.3 Å². The summed E-state index contributed by atoms with van der Waals surface area (Å²) in [7, 11) is -1.15. The topological polar surface area (TPSA) is 99.6 Å². The Balaban J connectivity index is 1.69. The Labute approximate surface area is 149 Å². The number of hydrogen-bond acceptors (Lipinski definition) is 6. The van der Waals surface area contributed by atoms with Crippen molar-refractivity contribution in [3.05, 3.63) is 36.0 Å². The fourth-order valence-corrected chi connectivity index (χ4v) is 3.88. The molecule has 1 atom stereocenters. The number of nitrogens with zero attached hydrogens (tertiary/aromatic N) is 5. The van der Waals surface area contributed by atoms with Crippen molar-refractivity contribution in [2.75, 3.05) is 11.5 Å². The number of nitrogens with two attached hydrogens (primary N) is 1. The van der Waals surface area contributed by atoms with Gasteiger partial charge in [0.15, 0.2) is 5.82 Å². The summed E-state index contributed by atoms with van der Waals surface area (Å²) in [6, 6.07) is 1.72. The molecule has 25 heavy (non-hydrogen) atoms. The minimum absolute atomic E-state index is 0.402. The number of fused-ring (bicyclic) bond motifs is 1. The SMILES string of the molecule is CCc1nc2c(N)ncc(C)c2n1CCCCS(=O)c1ncccn1. The fourth-order valence-electron chi connectivity index (χ4n) is 2.87. The minimum atomic E-state index is -1.15. The van der Waals surface area contributed by atoms with Gasteiger partial charge in [-0.15, -0.1) is 0 Å². The van der Waals surface area contributed by atoms with Gasteiger partial charge in [0.2, 0.25) is 5.16 Å². The van der Waals surface area contributed by atoms with Gasteiger partial charge in [-0.1, -0.05) is 6.92 Å². The van der Waals surface area contributed by atoms with Gasteiger partial charge >= 0.3 is 0 Å². The van der Waals surface area contributed by atoms with Crippen LogP contribution < -0.4 is 5.73 Å². The molecular weight excluding hydrogens is 336 g/mol. The number of rotatable bonds is 7. The van der Waals surface area contributed by atoms with E-state index in [0.717, 1.165) is 48.2 Å². The van der Waals surface area contributed by atoms with E-state index in [9.17, 15) is 4.21 Å². The predicted molar refractivity (Wildman–Crippen MR) is 98.6 cm³/mol. The van der Waals surface area contributed by atoms with Gasteiger partial charge in [0, 0.05) is 37.3 Å². The maximum atomic E-state index is 12.2. The molecule has 7 nitrogen and oxygen atoms in total. The fraction of sp³-hybridized carbons (Fsp3) is 0.412. The van der Waals surface area contributed by atoms with E-state index in [1.807, 2.05) is 6.92 Å². The molecule has 0 saturated heterocycles. The third kappa shape index (κ3) is 3.68. The number of pyridine rings is 1. The highest BCUT2D eigenvalue weighted by atomic mass is 32.2. The average molecular weight is 358 g/mol. The van der Waals surface area contributed by atoms with Crippen LogP contribution in [-0.4, -0.2) is 34.5 Å². The highest BCUT2D eigenvalue weighted by Crippen LogP contribution is 2.24. The molecule has 0 radical (unpaired) electrons. The number of aromatic nitrogens is 5. The molecule has 3 heterocycles. The van der Waals surface area contributed by atoms with Crippen LogP contribution in [0.1, 0.15) is 31.2 Å². The van der Waals surface area contributed by atoms with Crippen LogP contribution in [0.4, 0.5) is 5.82 Å². The van der Waals surface area contributed by atoms with Crippen LogP contribution >= 0.6 is 0 Å². The van der Waals surface area contributed by atoms with E-state index in [4.69, 9.17) is 5.73 Å². The van der Waals surface area contributed by atoms with Gasteiger partial charge in [-0.3, -0.25) is 4.21 Å². The first-order chi connectivity index (χ1) is 12.1. The van der Waals surface area contributed by atoms with E-state index >= 15 is 0 Å². The summed E-state index contributed by atoms with van der Waals surface area (Å²) in [6.07, 6.45) is 7.58. The summed E-state index contributed by atoms with van der Waals surface area (Å²) in [5.41, 5.74) is 8.88. The van der Waals surface area contributed by atoms with E-state index in [-0.39, 0.29) is 0 Å². The number of aryl methyl sites for hydroxylation is 3. The van der Waals surface area contributed by atoms with Crippen molar-refractivity contribution >= 4 is 27.7 Å². The van der Waals surface area contributed by atoms with Crippen LogP contribution in [0.3, 0.4) is 0 Å². The van der Waals surface area contributed by atoms with E-state index in [1.165, 1.54) is 0 Å². The van der Waals surface area contributed by atoms with Gasteiger partial charge in [0.25, 0.3) is 0 Å². The Kier molecular flexibility index (Phi) is 5.37.